The number of carbonyl (C=O) groups is 1. The van der Waals surface area contributed by atoms with E-state index in [1.807, 2.05) is 27.7 Å². The standard InChI is InChI=1S/C13H26N2O3/c1-10(17-5)8-14-11-6-7-15(9-11)12(16)18-13(2,3)4/h10-11,14H,6-9H2,1-5H3. The minimum atomic E-state index is -0.423. The molecule has 0 spiro atoms. The van der Waals surface area contributed by atoms with Crippen LogP contribution in [0.15, 0.2) is 0 Å². The van der Waals surface area contributed by atoms with Crippen LogP contribution < -0.4 is 5.32 Å². The van der Waals surface area contributed by atoms with E-state index in [1.54, 1.807) is 12.0 Å². The monoisotopic (exact) mass is 258 g/mol. The van der Waals surface area contributed by atoms with Gasteiger partial charge in [0.15, 0.2) is 0 Å². The Hall–Kier alpha value is -0.810. The summed E-state index contributed by atoms with van der Waals surface area (Å²) in [7, 11) is 1.70. The van der Waals surface area contributed by atoms with Gasteiger partial charge in [-0.3, -0.25) is 0 Å². The van der Waals surface area contributed by atoms with Crippen molar-refractivity contribution in [3.63, 3.8) is 0 Å². The summed E-state index contributed by atoms with van der Waals surface area (Å²) < 4.78 is 10.5. The van der Waals surface area contributed by atoms with Crippen molar-refractivity contribution in [3.8, 4) is 0 Å². The topological polar surface area (TPSA) is 50.8 Å². The number of hydrogen-bond donors (Lipinski definition) is 1. The van der Waals surface area contributed by atoms with Gasteiger partial charge in [-0.05, 0) is 34.1 Å². The van der Waals surface area contributed by atoms with Crippen molar-refractivity contribution in [1.82, 2.24) is 10.2 Å². The van der Waals surface area contributed by atoms with Crippen molar-refractivity contribution in [1.29, 1.82) is 0 Å². The Bertz CT molecular complexity index is 276. The molecule has 5 heteroatoms. The normalized spacial score (nSPS) is 22.1. The SMILES string of the molecule is COC(C)CNC1CCN(C(=O)OC(C)(C)C)C1. The number of nitrogens with one attached hydrogen (secondary N) is 1. The second-order valence-corrected chi connectivity index (χ2v) is 5.87. The number of nitrogens with zero attached hydrogens (tertiary/aromatic N) is 1. The van der Waals surface area contributed by atoms with E-state index in [0.29, 0.717) is 12.6 Å². The number of methoxy groups -OCH3 is 1. The highest BCUT2D eigenvalue weighted by molar-refractivity contribution is 5.68. The van der Waals surface area contributed by atoms with E-state index >= 15 is 0 Å². The summed E-state index contributed by atoms with van der Waals surface area (Å²) in [5.74, 6) is 0. The maximum Gasteiger partial charge on any atom is 0.410 e. The highest BCUT2D eigenvalue weighted by Gasteiger charge is 2.29. The molecule has 18 heavy (non-hydrogen) atoms. The first kappa shape index (κ1) is 15.2. The molecule has 2 unspecified atom stereocenters. The maximum absolute atomic E-state index is 11.9. The Morgan fingerprint density at radius 2 is 2.17 bits per heavy atom. The van der Waals surface area contributed by atoms with Crippen LogP contribution in [0.25, 0.3) is 0 Å². The van der Waals surface area contributed by atoms with Crippen molar-refractivity contribution in [3.05, 3.63) is 0 Å². The second kappa shape index (κ2) is 6.38. The smallest absolute Gasteiger partial charge is 0.410 e. The molecule has 1 saturated heterocycles. The van der Waals surface area contributed by atoms with Gasteiger partial charge in [0, 0.05) is 32.8 Å². The first-order valence-electron chi connectivity index (χ1n) is 6.56. The van der Waals surface area contributed by atoms with E-state index in [2.05, 4.69) is 5.32 Å². The first-order valence-corrected chi connectivity index (χ1v) is 6.56. The van der Waals surface area contributed by atoms with Crippen LogP contribution >= 0.6 is 0 Å². The van der Waals surface area contributed by atoms with Crippen molar-refractivity contribution in [2.75, 3.05) is 26.7 Å². The third-order valence-corrected chi connectivity index (χ3v) is 2.94. The van der Waals surface area contributed by atoms with Crippen LogP contribution in [-0.4, -0.2) is 55.5 Å². The van der Waals surface area contributed by atoms with Gasteiger partial charge in [-0.25, -0.2) is 4.79 Å². The molecule has 1 N–H and O–H groups in total. The predicted molar refractivity (Wildman–Crippen MR) is 70.7 cm³/mol. The van der Waals surface area contributed by atoms with E-state index in [-0.39, 0.29) is 12.2 Å². The Morgan fingerprint density at radius 3 is 2.72 bits per heavy atom. The van der Waals surface area contributed by atoms with Gasteiger partial charge >= 0.3 is 6.09 Å². The molecule has 1 amide bonds. The molecule has 0 aromatic heterocycles. The summed E-state index contributed by atoms with van der Waals surface area (Å²) >= 11 is 0. The quantitative estimate of drug-likeness (QED) is 0.832. The Kier molecular flexibility index (Phi) is 5.41. The second-order valence-electron chi connectivity index (χ2n) is 5.87. The number of likely N-dealkylation sites (tertiary alicyclic amines) is 1. The van der Waals surface area contributed by atoms with E-state index < -0.39 is 5.60 Å². The van der Waals surface area contributed by atoms with Crippen molar-refractivity contribution >= 4 is 6.09 Å². The zero-order valence-electron chi connectivity index (χ0n) is 12.2. The summed E-state index contributed by atoms with van der Waals surface area (Å²) in [5, 5.41) is 3.41. The van der Waals surface area contributed by atoms with Crippen LogP contribution in [0, 0.1) is 0 Å². The maximum atomic E-state index is 11.9. The van der Waals surface area contributed by atoms with E-state index in [1.165, 1.54) is 0 Å². The number of rotatable bonds is 4. The fraction of sp³-hybridized carbons (Fsp3) is 0.923. The van der Waals surface area contributed by atoms with Crippen molar-refractivity contribution in [2.45, 2.75) is 51.9 Å². The van der Waals surface area contributed by atoms with Crippen LogP contribution in [0.4, 0.5) is 4.79 Å². The molecule has 0 bridgehead atoms. The minimum Gasteiger partial charge on any atom is -0.444 e. The van der Waals surface area contributed by atoms with Gasteiger partial charge in [0.2, 0.25) is 0 Å². The molecular weight excluding hydrogens is 232 g/mol. The average Bonchev–Trinajstić information content (AvgIpc) is 2.72. The molecule has 1 fully saturated rings. The average molecular weight is 258 g/mol. The van der Waals surface area contributed by atoms with Crippen molar-refractivity contribution < 1.29 is 14.3 Å². The summed E-state index contributed by atoms with van der Waals surface area (Å²) in [4.78, 5) is 13.6. The molecule has 0 radical (unpaired) electrons. The van der Waals surface area contributed by atoms with Crippen molar-refractivity contribution in [2.24, 2.45) is 0 Å². The van der Waals surface area contributed by atoms with E-state index in [9.17, 15) is 4.79 Å². The number of ether oxygens (including phenoxy) is 2. The van der Waals surface area contributed by atoms with Crippen LogP contribution in [0.2, 0.25) is 0 Å². The lowest BCUT2D eigenvalue weighted by Gasteiger charge is -2.24. The highest BCUT2D eigenvalue weighted by Crippen LogP contribution is 2.15. The molecule has 106 valence electrons. The third-order valence-electron chi connectivity index (χ3n) is 2.94. The van der Waals surface area contributed by atoms with Gasteiger partial charge in [0.05, 0.1) is 6.10 Å². The van der Waals surface area contributed by atoms with Gasteiger partial charge < -0.3 is 19.7 Å². The lowest BCUT2D eigenvalue weighted by molar-refractivity contribution is 0.0290. The summed E-state index contributed by atoms with van der Waals surface area (Å²) in [6.07, 6.45) is 0.947. The molecule has 0 saturated carbocycles. The number of carbonyl (C=O) groups excluding carboxylic acids is 1. The Labute approximate surface area is 110 Å². The predicted octanol–water partition coefficient (Wildman–Crippen LogP) is 1.62. The summed E-state index contributed by atoms with van der Waals surface area (Å²) in [6.45, 7) is 9.96. The minimum absolute atomic E-state index is 0.195. The molecule has 0 aromatic carbocycles. The lowest BCUT2D eigenvalue weighted by Crippen LogP contribution is -2.40. The highest BCUT2D eigenvalue weighted by atomic mass is 16.6. The Morgan fingerprint density at radius 1 is 1.50 bits per heavy atom. The van der Waals surface area contributed by atoms with Gasteiger partial charge in [0.25, 0.3) is 0 Å². The number of amides is 1. The fourth-order valence-electron chi connectivity index (χ4n) is 1.84. The van der Waals surface area contributed by atoms with Gasteiger partial charge in [-0.1, -0.05) is 0 Å². The van der Waals surface area contributed by atoms with Crippen LogP contribution in [0.1, 0.15) is 34.1 Å². The Balaban J connectivity index is 2.30. The molecule has 1 aliphatic heterocycles. The first-order chi connectivity index (χ1) is 8.31. The summed E-state index contributed by atoms with van der Waals surface area (Å²) in [5.41, 5.74) is -0.423. The van der Waals surface area contributed by atoms with Crippen LogP contribution in [0.3, 0.4) is 0 Å². The fourth-order valence-corrected chi connectivity index (χ4v) is 1.84. The number of hydrogen-bond acceptors (Lipinski definition) is 4. The van der Waals surface area contributed by atoms with Crippen LogP contribution in [-0.2, 0) is 9.47 Å². The lowest BCUT2D eigenvalue weighted by atomic mass is 10.2. The van der Waals surface area contributed by atoms with Gasteiger partial charge in [-0.15, -0.1) is 0 Å². The molecule has 1 heterocycles. The van der Waals surface area contributed by atoms with Gasteiger partial charge in [-0.2, -0.15) is 0 Å². The van der Waals surface area contributed by atoms with Crippen LogP contribution in [0.5, 0.6) is 0 Å². The molecule has 0 aromatic rings. The molecule has 5 nitrogen and oxygen atoms in total. The molecule has 1 aliphatic rings. The molecule has 0 aliphatic carbocycles. The molecule has 2 atom stereocenters. The van der Waals surface area contributed by atoms with E-state index in [0.717, 1.165) is 19.5 Å². The van der Waals surface area contributed by atoms with Gasteiger partial charge in [0.1, 0.15) is 5.60 Å². The third kappa shape index (κ3) is 5.23. The summed E-state index contributed by atoms with van der Waals surface area (Å²) in [6, 6.07) is 0.343. The zero-order valence-corrected chi connectivity index (χ0v) is 12.2. The largest absolute Gasteiger partial charge is 0.444 e. The molecular formula is C13H26N2O3. The molecule has 1 rings (SSSR count). The van der Waals surface area contributed by atoms with E-state index in [4.69, 9.17) is 9.47 Å². The zero-order chi connectivity index (χ0) is 13.8.